The molecular formula is C19H29NO5. The number of hydrogen-bond acceptors (Lipinski definition) is 4. The summed E-state index contributed by atoms with van der Waals surface area (Å²) in [5, 5.41) is 14.8. The maximum absolute atomic E-state index is 9.10. The van der Waals surface area contributed by atoms with Crippen LogP contribution in [0.5, 0.6) is 5.75 Å². The third kappa shape index (κ3) is 9.72. The fraction of sp³-hybridized carbons (Fsp3) is 0.579. The fourth-order valence-corrected chi connectivity index (χ4v) is 3.12. The van der Waals surface area contributed by atoms with Gasteiger partial charge >= 0.3 is 11.9 Å². The van der Waals surface area contributed by atoms with E-state index in [9.17, 15) is 0 Å². The van der Waals surface area contributed by atoms with Crippen molar-refractivity contribution >= 4 is 11.9 Å². The van der Waals surface area contributed by atoms with Gasteiger partial charge in [0.1, 0.15) is 5.75 Å². The first-order chi connectivity index (χ1) is 11.9. The molecule has 0 saturated carbocycles. The summed E-state index contributed by atoms with van der Waals surface area (Å²) >= 11 is 0. The Bertz CT molecular complexity index is 498. The summed E-state index contributed by atoms with van der Waals surface area (Å²) in [5.41, 5.74) is 0. The van der Waals surface area contributed by atoms with Gasteiger partial charge in [-0.05, 0) is 49.8 Å². The number of para-hydroxylation sites is 1. The summed E-state index contributed by atoms with van der Waals surface area (Å²) in [6.07, 6.45) is 3.79. The van der Waals surface area contributed by atoms with Crippen molar-refractivity contribution in [1.29, 1.82) is 0 Å². The smallest absolute Gasteiger partial charge is 0.414 e. The average Bonchev–Trinajstić information content (AvgIpc) is 2.55. The van der Waals surface area contributed by atoms with Crippen molar-refractivity contribution in [3.63, 3.8) is 0 Å². The first-order valence-corrected chi connectivity index (χ1v) is 8.75. The van der Waals surface area contributed by atoms with Crippen molar-refractivity contribution in [2.45, 2.75) is 33.1 Å². The Morgan fingerprint density at radius 2 is 1.60 bits per heavy atom. The van der Waals surface area contributed by atoms with E-state index in [1.165, 1.54) is 32.5 Å². The highest BCUT2D eigenvalue weighted by molar-refractivity contribution is 6.27. The summed E-state index contributed by atoms with van der Waals surface area (Å²) in [6, 6.07) is 10.1. The molecule has 25 heavy (non-hydrogen) atoms. The van der Waals surface area contributed by atoms with Gasteiger partial charge in [-0.2, -0.15) is 0 Å². The van der Waals surface area contributed by atoms with Gasteiger partial charge in [-0.3, -0.25) is 0 Å². The molecule has 1 fully saturated rings. The molecule has 2 N–H and O–H groups in total. The monoisotopic (exact) mass is 351 g/mol. The summed E-state index contributed by atoms with van der Waals surface area (Å²) in [6.45, 7) is 9.38. The number of unbranched alkanes of at least 4 members (excludes halogenated alkanes) is 1. The topological polar surface area (TPSA) is 87.1 Å². The molecule has 2 atom stereocenters. The zero-order chi connectivity index (χ0) is 18.7. The molecule has 0 aromatic heterocycles. The number of benzene rings is 1. The molecule has 0 spiro atoms. The number of aliphatic carboxylic acids is 2. The van der Waals surface area contributed by atoms with Gasteiger partial charge in [0.2, 0.25) is 0 Å². The largest absolute Gasteiger partial charge is 0.494 e. The highest BCUT2D eigenvalue weighted by Crippen LogP contribution is 2.21. The second kappa shape index (κ2) is 11.5. The van der Waals surface area contributed by atoms with E-state index in [1.54, 1.807) is 0 Å². The molecular weight excluding hydrogens is 322 g/mol. The maximum Gasteiger partial charge on any atom is 0.414 e. The Balaban J connectivity index is 0.000000450. The summed E-state index contributed by atoms with van der Waals surface area (Å²) < 4.78 is 5.72. The van der Waals surface area contributed by atoms with Crippen LogP contribution < -0.4 is 4.74 Å². The number of ether oxygens (including phenoxy) is 1. The van der Waals surface area contributed by atoms with Crippen LogP contribution in [0.3, 0.4) is 0 Å². The summed E-state index contributed by atoms with van der Waals surface area (Å²) in [7, 11) is 0. The molecule has 1 aliphatic rings. The number of nitrogens with zero attached hydrogens (tertiary/aromatic N) is 1. The number of rotatable bonds is 6. The minimum atomic E-state index is -1.82. The van der Waals surface area contributed by atoms with Gasteiger partial charge in [0.05, 0.1) is 6.61 Å². The first kappa shape index (κ1) is 21.0. The van der Waals surface area contributed by atoms with Crippen LogP contribution in [0.4, 0.5) is 0 Å². The first-order valence-electron chi connectivity index (χ1n) is 8.75. The average molecular weight is 351 g/mol. The van der Waals surface area contributed by atoms with Gasteiger partial charge in [-0.15, -0.1) is 0 Å². The van der Waals surface area contributed by atoms with E-state index in [1.807, 2.05) is 30.3 Å². The van der Waals surface area contributed by atoms with E-state index in [0.717, 1.165) is 30.6 Å². The van der Waals surface area contributed by atoms with Gasteiger partial charge in [0.15, 0.2) is 0 Å². The van der Waals surface area contributed by atoms with E-state index < -0.39 is 11.9 Å². The normalized spacial score (nSPS) is 20.2. The predicted octanol–water partition coefficient (Wildman–Crippen LogP) is 2.98. The predicted molar refractivity (Wildman–Crippen MR) is 95.8 cm³/mol. The summed E-state index contributed by atoms with van der Waals surface area (Å²) in [4.78, 5) is 20.8. The molecule has 2 rings (SSSR count). The van der Waals surface area contributed by atoms with E-state index in [0.29, 0.717) is 0 Å². The Morgan fingerprint density at radius 3 is 2.12 bits per heavy atom. The SMILES string of the molecule is CC1CC(C)CN(CCCCOc2ccccc2)C1.O=C(O)C(=O)O. The van der Waals surface area contributed by atoms with Crippen LogP contribution in [0.25, 0.3) is 0 Å². The lowest BCUT2D eigenvalue weighted by atomic mass is 9.92. The quantitative estimate of drug-likeness (QED) is 0.605. The zero-order valence-corrected chi connectivity index (χ0v) is 15.1. The van der Waals surface area contributed by atoms with E-state index >= 15 is 0 Å². The molecule has 6 heteroatoms. The van der Waals surface area contributed by atoms with Crippen LogP contribution in [0.15, 0.2) is 30.3 Å². The van der Waals surface area contributed by atoms with Crippen molar-refractivity contribution in [2.24, 2.45) is 11.8 Å². The van der Waals surface area contributed by atoms with Crippen LogP contribution in [0, 0.1) is 11.8 Å². The third-order valence-electron chi connectivity index (χ3n) is 4.01. The molecule has 0 aliphatic carbocycles. The highest BCUT2D eigenvalue weighted by Gasteiger charge is 2.20. The van der Waals surface area contributed by atoms with Crippen molar-refractivity contribution in [3.05, 3.63) is 30.3 Å². The molecule has 6 nitrogen and oxygen atoms in total. The van der Waals surface area contributed by atoms with Crippen LogP contribution in [0.1, 0.15) is 33.1 Å². The molecule has 1 saturated heterocycles. The van der Waals surface area contributed by atoms with Crippen molar-refractivity contribution in [2.75, 3.05) is 26.2 Å². The van der Waals surface area contributed by atoms with Gasteiger partial charge in [0.25, 0.3) is 0 Å². The lowest BCUT2D eigenvalue weighted by Crippen LogP contribution is -2.39. The van der Waals surface area contributed by atoms with Crippen molar-refractivity contribution in [1.82, 2.24) is 4.90 Å². The van der Waals surface area contributed by atoms with E-state index in [2.05, 4.69) is 18.7 Å². The van der Waals surface area contributed by atoms with Gasteiger partial charge in [0, 0.05) is 13.1 Å². The molecule has 0 bridgehead atoms. The van der Waals surface area contributed by atoms with Crippen LogP contribution in [-0.2, 0) is 9.59 Å². The van der Waals surface area contributed by atoms with Gasteiger partial charge < -0.3 is 19.8 Å². The second-order valence-corrected chi connectivity index (χ2v) is 6.68. The third-order valence-corrected chi connectivity index (χ3v) is 4.01. The van der Waals surface area contributed by atoms with Crippen LogP contribution >= 0.6 is 0 Å². The fourth-order valence-electron chi connectivity index (χ4n) is 3.12. The zero-order valence-electron chi connectivity index (χ0n) is 15.1. The molecule has 1 heterocycles. The number of carbonyl (C=O) groups is 2. The van der Waals surface area contributed by atoms with E-state index in [4.69, 9.17) is 24.5 Å². The minimum Gasteiger partial charge on any atom is -0.494 e. The lowest BCUT2D eigenvalue weighted by molar-refractivity contribution is -0.159. The maximum atomic E-state index is 9.10. The molecule has 1 aromatic carbocycles. The highest BCUT2D eigenvalue weighted by atomic mass is 16.5. The number of carboxylic acid groups (broad SMARTS) is 2. The number of likely N-dealkylation sites (tertiary alicyclic amines) is 1. The Morgan fingerprint density at radius 1 is 1.04 bits per heavy atom. The Hall–Kier alpha value is -2.08. The molecule has 2 unspecified atom stereocenters. The van der Waals surface area contributed by atoms with Crippen LogP contribution in [0.2, 0.25) is 0 Å². The Kier molecular flexibility index (Phi) is 9.62. The van der Waals surface area contributed by atoms with Gasteiger partial charge in [-0.1, -0.05) is 32.0 Å². The molecule has 1 aliphatic heterocycles. The number of piperidine rings is 1. The summed E-state index contributed by atoms with van der Waals surface area (Å²) in [5.74, 6) is -0.929. The second-order valence-electron chi connectivity index (χ2n) is 6.68. The molecule has 0 radical (unpaired) electrons. The Labute approximate surface area is 149 Å². The lowest BCUT2D eigenvalue weighted by Gasteiger charge is -2.34. The van der Waals surface area contributed by atoms with E-state index in [-0.39, 0.29) is 0 Å². The molecule has 1 aromatic rings. The number of hydrogen-bond donors (Lipinski definition) is 2. The van der Waals surface area contributed by atoms with Crippen molar-refractivity contribution < 1.29 is 24.5 Å². The minimum absolute atomic E-state index is 0.836. The standard InChI is InChI=1S/C17H27NO.C2H2O4/c1-15-12-16(2)14-18(13-15)10-6-7-11-19-17-8-4-3-5-9-17;3-1(4)2(5)6/h3-5,8-9,15-16H,6-7,10-14H2,1-2H3;(H,3,4)(H,5,6). The molecule has 140 valence electrons. The van der Waals surface area contributed by atoms with Crippen LogP contribution in [-0.4, -0.2) is 53.3 Å². The number of carboxylic acids is 2. The molecule has 0 amide bonds. The van der Waals surface area contributed by atoms with Crippen molar-refractivity contribution in [3.8, 4) is 5.75 Å². The van der Waals surface area contributed by atoms with Gasteiger partial charge in [-0.25, -0.2) is 9.59 Å².